The molecular formula is C21H38O14S2. The maximum Gasteiger partial charge on any atom is 0.397 e. The van der Waals surface area contributed by atoms with Gasteiger partial charge in [-0.2, -0.15) is 16.8 Å². The number of carbonyl (C=O) groups excluding carboxylic acids is 2. The summed E-state index contributed by atoms with van der Waals surface area (Å²) in [7, 11) is -9.69. The first-order chi connectivity index (χ1) is 17.1. The fourth-order valence-electron chi connectivity index (χ4n) is 4.37. The van der Waals surface area contributed by atoms with Crippen LogP contribution in [0, 0.1) is 23.7 Å². The molecule has 0 saturated carbocycles. The highest BCUT2D eigenvalue weighted by molar-refractivity contribution is 7.81. The number of ether oxygens (including phenoxy) is 3. The van der Waals surface area contributed by atoms with E-state index in [2.05, 4.69) is 4.18 Å². The predicted octanol–water partition coefficient (Wildman–Crippen LogP) is 0.248. The third kappa shape index (κ3) is 12.1. The molecule has 0 spiro atoms. The number of aldehydes is 1. The average molecular weight is 579 g/mol. The van der Waals surface area contributed by atoms with Gasteiger partial charge in [0.05, 0.1) is 25.9 Å². The summed E-state index contributed by atoms with van der Waals surface area (Å²) in [5.41, 5.74) is 0. The van der Waals surface area contributed by atoms with Gasteiger partial charge < -0.3 is 28.9 Å². The van der Waals surface area contributed by atoms with E-state index in [4.69, 9.17) is 22.9 Å². The quantitative estimate of drug-likeness (QED) is 0.147. The lowest BCUT2D eigenvalue weighted by molar-refractivity contribution is -0.188. The molecule has 3 unspecified atom stereocenters. The topological polar surface area (TPSA) is 209 Å². The first kappa shape index (κ1) is 33.9. The van der Waals surface area contributed by atoms with Gasteiger partial charge >= 0.3 is 20.8 Å². The van der Waals surface area contributed by atoms with Crippen LogP contribution < -0.4 is 0 Å². The molecule has 1 aliphatic rings. The molecule has 0 aliphatic carbocycles. The second-order valence-corrected chi connectivity index (χ2v) is 11.3. The summed E-state index contributed by atoms with van der Waals surface area (Å²) in [6.45, 7) is 5.17. The Morgan fingerprint density at radius 1 is 1.14 bits per heavy atom. The van der Waals surface area contributed by atoms with Crippen LogP contribution in [0.25, 0.3) is 0 Å². The monoisotopic (exact) mass is 578 g/mol. The molecule has 14 nitrogen and oxygen atoms in total. The van der Waals surface area contributed by atoms with Crippen LogP contribution in [-0.4, -0.2) is 101 Å². The van der Waals surface area contributed by atoms with E-state index in [0.29, 0.717) is 12.7 Å². The molecule has 37 heavy (non-hydrogen) atoms. The van der Waals surface area contributed by atoms with Crippen LogP contribution in [-0.2, 0) is 53.0 Å². The standard InChI is InChI=1S/C21H38O14S2/c1-5-6-32-19(12-33-36(25,26)27)17(13(2)7-14(3)24)10-31-11-20-21(35-37(28,29)30)15(4)16(8-22)18(9-23)34-20/h9,13,15-22H,5-8,10-12H2,1-4H3,(H,25,26,27)(H,28,29,30)/t13-,15+,16-,17-,18?,19?,20-,21?/m0/s1. The van der Waals surface area contributed by atoms with Crippen molar-refractivity contribution in [2.24, 2.45) is 23.7 Å². The Kier molecular flexibility index (Phi) is 14.2. The van der Waals surface area contributed by atoms with Gasteiger partial charge in [-0.1, -0.05) is 20.8 Å². The molecular weight excluding hydrogens is 540 g/mol. The molecule has 0 aromatic rings. The Labute approximate surface area is 217 Å². The molecule has 1 fully saturated rings. The number of hydrogen-bond acceptors (Lipinski definition) is 12. The van der Waals surface area contributed by atoms with E-state index in [9.17, 15) is 36.1 Å². The fraction of sp³-hybridized carbons (Fsp3) is 0.905. The number of rotatable bonds is 18. The average Bonchev–Trinajstić information content (AvgIpc) is 2.77. The van der Waals surface area contributed by atoms with E-state index in [1.54, 1.807) is 6.92 Å². The van der Waals surface area contributed by atoms with E-state index in [1.165, 1.54) is 13.8 Å². The lowest BCUT2D eigenvalue weighted by Crippen LogP contribution is -2.55. The van der Waals surface area contributed by atoms with E-state index in [1.807, 2.05) is 6.92 Å². The molecule has 0 aromatic carbocycles. The Hall–Kier alpha value is -1.08. The van der Waals surface area contributed by atoms with Crippen LogP contribution in [0.1, 0.15) is 40.5 Å². The maximum atomic E-state index is 11.8. The van der Waals surface area contributed by atoms with Crippen molar-refractivity contribution in [3.8, 4) is 0 Å². The highest BCUT2D eigenvalue weighted by Crippen LogP contribution is 2.33. The summed E-state index contributed by atoms with van der Waals surface area (Å²) >= 11 is 0. The predicted molar refractivity (Wildman–Crippen MR) is 127 cm³/mol. The molecule has 16 heteroatoms. The Morgan fingerprint density at radius 3 is 2.27 bits per heavy atom. The summed E-state index contributed by atoms with van der Waals surface area (Å²) in [5, 5.41) is 9.64. The number of hydrogen-bond donors (Lipinski definition) is 3. The molecule has 1 saturated heterocycles. The Morgan fingerprint density at radius 2 is 1.78 bits per heavy atom. The van der Waals surface area contributed by atoms with E-state index >= 15 is 0 Å². The fourth-order valence-corrected chi connectivity index (χ4v) is 5.26. The third-order valence-corrected chi connectivity index (χ3v) is 7.12. The van der Waals surface area contributed by atoms with Crippen molar-refractivity contribution in [2.75, 3.05) is 33.0 Å². The van der Waals surface area contributed by atoms with Crippen LogP contribution in [0.4, 0.5) is 0 Å². The van der Waals surface area contributed by atoms with Crippen molar-refractivity contribution < 1.29 is 63.2 Å². The van der Waals surface area contributed by atoms with E-state index in [-0.39, 0.29) is 37.9 Å². The van der Waals surface area contributed by atoms with Crippen LogP contribution in [0.15, 0.2) is 0 Å². The minimum absolute atomic E-state index is 0.0999. The summed E-state index contributed by atoms with van der Waals surface area (Å²) < 4.78 is 89.8. The molecule has 0 aromatic heterocycles. The molecule has 218 valence electrons. The van der Waals surface area contributed by atoms with Crippen LogP contribution >= 0.6 is 0 Å². The van der Waals surface area contributed by atoms with Gasteiger partial charge in [0.1, 0.15) is 30.4 Å². The zero-order valence-corrected chi connectivity index (χ0v) is 22.9. The highest BCUT2D eigenvalue weighted by Gasteiger charge is 2.46. The number of carbonyl (C=O) groups is 2. The largest absolute Gasteiger partial charge is 0.397 e. The smallest absolute Gasteiger partial charge is 0.396 e. The molecule has 3 N–H and O–H groups in total. The Bertz CT molecular complexity index is 922. The van der Waals surface area contributed by atoms with Gasteiger partial charge in [-0.05, 0) is 25.2 Å². The van der Waals surface area contributed by atoms with Gasteiger partial charge in [0, 0.05) is 31.5 Å². The van der Waals surface area contributed by atoms with Crippen molar-refractivity contribution in [1.29, 1.82) is 0 Å². The van der Waals surface area contributed by atoms with Crippen molar-refractivity contribution >= 4 is 32.9 Å². The second kappa shape index (κ2) is 15.5. The van der Waals surface area contributed by atoms with Gasteiger partial charge in [-0.3, -0.25) is 9.11 Å². The molecule has 1 aliphatic heterocycles. The van der Waals surface area contributed by atoms with Gasteiger partial charge in [0.2, 0.25) is 0 Å². The zero-order valence-electron chi connectivity index (χ0n) is 21.3. The van der Waals surface area contributed by atoms with Gasteiger partial charge in [-0.15, -0.1) is 0 Å². The third-order valence-electron chi connectivity index (χ3n) is 6.22. The molecule has 0 radical (unpaired) electrons. The Balaban J connectivity index is 3.12. The summed E-state index contributed by atoms with van der Waals surface area (Å²) in [6, 6.07) is 0. The highest BCUT2D eigenvalue weighted by atomic mass is 32.3. The maximum absolute atomic E-state index is 11.8. The van der Waals surface area contributed by atoms with Crippen molar-refractivity contribution in [1.82, 2.24) is 0 Å². The van der Waals surface area contributed by atoms with Crippen LogP contribution in [0.3, 0.4) is 0 Å². The molecule has 0 bridgehead atoms. The first-order valence-electron chi connectivity index (χ1n) is 11.8. The summed E-state index contributed by atoms with van der Waals surface area (Å²) in [4.78, 5) is 23.3. The minimum atomic E-state index is -4.92. The number of ketones is 1. The number of aliphatic hydroxyl groups excluding tert-OH is 1. The first-order valence-corrected chi connectivity index (χ1v) is 14.5. The van der Waals surface area contributed by atoms with Gasteiger partial charge in [0.15, 0.2) is 0 Å². The summed E-state index contributed by atoms with van der Waals surface area (Å²) in [6.07, 6.45) is -3.30. The second-order valence-electron chi connectivity index (χ2n) is 9.18. The van der Waals surface area contributed by atoms with Crippen LogP contribution in [0.5, 0.6) is 0 Å². The molecule has 1 heterocycles. The normalized spacial score (nSPS) is 27.4. The molecule has 1 rings (SSSR count). The lowest BCUT2D eigenvalue weighted by Gasteiger charge is -2.42. The SMILES string of the molecule is CCCOC(COS(=O)(=O)O)[C@@H](COC[C@@H]1OC(C=O)[C@@H](CO)[C@@H](C)C1OS(=O)(=O)O)[C@@H](C)CC(C)=O. The van der Waals surface area contributed by atoms with Crippen molar-refractivity contribution in [3.05, 3.63) is 0 Å². The lowest BCUT2D eigenvalue weighted by atomic mass is 9.81. The van der Waals surface area contributed by atoms with E-state index < -0.39 is 76.2 Å². The van der Waals surface area contributed by atoms with Crippen molar-refractivity contribution in [3.63, 3.8) is 0 Å². The molecule has 0 amide bonds. The number of aliphatic hydroxyl groups is 1. The number of Topliss-reactive ketones (excluding diaryl/α,β-unsaturated/α-hetero) is 1. The van der Waals surface area contributed by atoms with Gasteiger partial charge in [0.25, 0.3) is 0 Å². The summed E-state index contributed by atoms with van der Waals surface area (Å²) in [5.74, 6) is -2.68. The van der Waals surface area contributed by atoms with Crippen LogP contribution in [0.2, 0.25) is 0 Å². The molecule has 8 atom stereocenters. The minimum Gasteiger partial charge on any atom is -0.396 e. The van der Waals surface area contributed by atoms with Crippen molar-refractivity contribution in [2.45, 2.75) is 65.0 Å². The van der Waals surface area contributed by atoms with E-state index in [0.717, 1.165) is 0 Å². The van der Waals surface area contributed by atoms with Gasteiger partial charge in [-0.25, -0.2) is 8.37 Å². The zero-order chi connectivity index (χ0) is 28.4.